The van der Waals surface area contributed by atoms with E-state index in [2.05, 4.69) is 17.1 Å². The van der Waals surface area contributed by atoms with Crippen molar-refractivity contribution in [3.63, 3.8) is 0 Å². The Morgan fingerprint density at radius 2 is 2.15 bits per heavy atom. The van der Waals surface area contributed by atoms with Crippen molar-refractivity contribution in [1.82, 2.24) is 10.2 Å². The summed E-state index contributed by atoms with van der Waals surface area (Å²) in [4.78, 5) is 14.4. The molecule has 1 aromatic rings. The van der Waals surface area contributed by atoms with Crippen molar-refractivity contribution < 1.29 is 9.90 Å². The lowest BCUT2D eigenvalue weighted by Crippen LogP contribution is -2.34. The van der Waals surface area contributed by atoms with E-state index in [9.17, 15) is 9.90 Å². The van der Waals surface area contributed by atoms with Crippen LogP contribution in [-0.4, -0.2) is 42.1 Å². The second kappa shape index (κ2) is 6.95. The summed E-state index contributed by atoms with van der Waals surface area (Å²) < 4.78 is 0. The van der Waals surface area contributed by atoms with Crippen molar-refractivity contribution in [2.24, 2.45) is 5.92 Å². The van der Waals surface area contributed by atoms with E-state index in [-0.39, 0.29) is 17.2 Å². The van der Waals surface area contributed by atoms with E-state index in [0.717, 1.165) is 19.6 Å². The van der Waals surface area contributed by atoms with Gasteiger partial charge < -0.3 is 15.3 Å². The van der Waals surface area contributed by atoms with Gasteiger partial charge >= 0.3 is 0 Å². The number of carbonyl (C=O) groups excluding carboxylic acids is 1. The normalized spacial score (nSPS) is 17.1. The fourth-order valence-corrected chi connectivity index (χ4v) is 2.70. The van der Waals surface area contributed by atoms with Gasteiger partial charge in [0.25, 0.3) is 5.91 Å². The maximum Gasteiger partial charge on any atom is 0.255 e. The fraction of sp³-hybridized carbons (Fsp3) is 0.533. The molecular formula is C15H21ClN2O2. The van der Waals surface area contributed by atoms with E-state index in [0.29, 0.717) is 17.5 Å². The highest BCUT2D eigenvalue weighted by Crippen LogP contribution is 2.21. The summed E-state index contributed by atoms with van der Waals surface area (Å²) in [6, 6.07) is 4.52. The number of phenolic OH excluding ortho intramolecular Hbond substituents is 1. The van der Waals surface area contributed by atoms with Crippen molar-refractivity contribution in [2.45, 2.75) is 19.8 Å². The maximum atomic E-state index is 12.0. The molecule has 1 fully saturated rings. The van der Waals surface area contributed by atoms with Crippen LogP contribution in [0.2, 0.25) is 5.02 Å². The van der Waals surface area contributed by atoms with Crippen molar-refractivity contribution >= 4 is 17.5 Å². The summed E-state index contributed by atoms with van der Waals surface area (Å²) in [5.41, 5.74) is 0.266. The van der Waals surface area contributed by atoms with Crippen LogP contribution in [0.15, 0.2) is 18.2 Å². The molecule has 5 heteroatoms. The van der Waals surface area contributed by atoms with Crippen molar-refractivity contribution in [2.75, 3.05) is 26.2 Å². The summed E-state index contributed by atoms with van der Waals surface area (Å²) in [6.07, 6.45) is 2.55. The molecule has 1 amide bonds. The minimum absolute atomic E-state index is 0.0813. The highest BCUT2D eigenvalue weighted by atomic mass is 35.5. The number of rotatable bonds is 5. The molecule has 1 aromatic carbocycles. The quantitative estimate of drug-likeness (QED) is 0.878. The molecule has 0 aromatic heterocycles. The molecular weight excluding hydrogens is 276 g/mol. The molecule has 1 heterocycles. The fourth-order valence-electron chi connectivity index (χ4n) is 2.53. The maximum absolute atomic E-state index is 12.0. The molecule has 1 unspecified atom stereocenters. The first kappa shape index (κ1) is 15.1. The van der Waals surface area contributed by atoms with E-state index in [1.807, 2.05) is 0 Å². The Bertz CT molecular complexity index is 473. The number of nitrogens with one attached hydrogen (secondary N) is 1. The van der Waals surface area contributed by atoms with Crippen LogP contribution in [0.3, 0.4) is 0 Å². The molecule has 1 saturated heterocycles. The number of hydrogen-bond acceptors (Lipinski definition) is 3. The van der Waals surface area contributed by atoms with Gasteiger partial charge in [-0.3, -0.25) is 4.79 Å². The number of hydrogen-bond donors (Lipinski definition) is 2. The number of aromatic hydroxyl groups is 1. The standard InChI is InChI=1S/C15H21ClN2O2/c1-11(10-18-6-2-3-7-18)9-17-15(20)13-5-4-12(16)8-14(13)19/h4-5,8,11,19H,2-3,6-7,9-10H2,1H3,(H,17,20). The van der Waals surface area contributed by atoms with Crippen LogP contribution in [0.1, 0.15) is 30.1 Å². The zero-order valence-electron chi connectivity index (χ0n) is 11.7. The summed E-state index contributed by atoms with van der Waals surface area (Å²) >= 11 is 5.75. The lowest BCUT2D eigenvalue weighted by Gasteiger charge is -2.20. The Morgan fingerprint density at radius 1 is 1.45 bits per heavy atom. The van der Waals surface area contributed by atoms with Crippen LogP contribution in [-0.2, 0) is 0 Å². The van der Waals surface area contributed by atoms with Crippen LogP contribution >= 0.6 is 11.6 Å². The highest BCUT2D eigenvalue weighted by molar-refractivity contribution is 6.30. The summed E-state index contributed by atoms with van der Waals surface area (Å²) in [5, 5.41) is 13.0. The van der Waals surface area contributed by atoms with Crippen molar-refractivity contribution in [3.8, 4) is 5.75 Å². The zero-order valence-corrected chi connectivity index (χ0v) is 12.5. The predicted octanol–water partition coefficient (Wildman–Crippen LogP) is 2.51. The molecule has 1 aliphatic rings. The highest BCUT2D eigenvalue weighted by Gasteiger charge is 2.16. The molecule has 0 bridgehead atoms. The molecule has 2 rings (SSSR count). The van der Waals surface area contributed by atoms with Gasteiger partial charge in [-0.2, -0.15) is 0 Å². The van der Waals surface area contributed by atoms with Gasteiger partial charge in [0.15, 0.2) is 0 Å². The first-order valence-electron chi connectivity index (χ1n) is 7.05. The molecule has 4 nitrogen and oxygen atoms in total. The Morgan fingerprint density at radius 3 is 2.80 bits per heavy atom. The zero-order chi connectivity index (χ0) is 14.5. The van der Waals surface area contributed by atoms with Gasteiger partial charge in [-0.05, 0) is 50.0 Å². The lowest BCUT2D eigenvalue weighted by atomic mass is 10.1. The van der Waals surface area contributed by atoms with Gasteiger partial charge in [0, 0.05) is 18.1 Å². The second-order valence-electron chi connectivity index (χ2n) is 5.48. The van der Waals surface area contributed by atoms with E-state index < -0.39 is 0 Å². The first-order valence-corrected chi connectivity index (χ1v) is 7.43. The number of nitrogens with zero attached hydrogens (tertiary/aromatic N) is 1. The summed E-state index contributed by atoms with van der Waals surface area (Å²) in [6.45, 7) is 6.07. The van der Waals surface area contributed by atoms with Crippen LogP contribution in [0.4, 0.5) is 0 Å². The predicted molar refractivity (Wildman–Crippen MR) is 80.3 cm³/mol. The Balaban J connectivity index is 1.81. The van der Waals surface area contributed by atoms with E-state index in [1.54, 1.807) is 6.07 Å². The third-order valence-electron chi connectivity index (χ3n) is 3.58. The average Bonchev–Trinajstić information content (AvgIpc) is 2.89. The molecule has 20 heavy (non-hydrogen) atoms. The number of amides is 1. The Hall–Kier alpha value is -1.26. The third-order valence-corrected chi connectivity index (χ3v) is 3.82. The second-order valence-corrected chi connectivity index (χ2v) is 5.92. The average molecular weight is 297 g/mol. The number of benzene rings is 1. The summed E-state index contributed by atoms with van der Waals surface area (Å²) in [7, 11) is 0. The van der Waals surface area contributed by atoms with E-state index in [1.165, 1.54) is 25.0 Å². The van der Waals surface area contributed by atoms with Gasteiger partial charge in [-0.1, -0.05) is 18.5 Å². The van der Waals surface area contributed by atoms with Gasteiger partial charge in [-0.15, -0.1) is 0 Å². The molecule has 0 aliphatic carbocycles. The molecule has 1 aliphatic heterocycles. The van der Waals surface area contributed by atoms with Crippen LogP contribution in [0, 0.1) is 5.92 Å². The molecule has 110 valence electrons. The number of halogens is 1. The minimum atomic E-state index is -0.257. The lowest BCUT2D eigenvalue weighted by molar-refractivity contribution is 0.0942. The Labute approximate surface area is 124 Å². The first-order chi connectivity index (χ1) is 9.56. The van der Waals surface area contributed by atoms with Gasteiger partial charge in [0.1, 0.15) is 5.75 Å². The third kappa shape index (κ3) is 4.12. The van der Waals surface area contributed by atoms with Gasteiger partial charge in [-0.25, -0.2) is 0 Å². The van der Waals surface area contributed by atoms with Crippen LogP contribution in [0.5, 0.6) is 5.75 Å². The topological polar surface area (TPSA) is 52.6 Å². The smallest absolute Gasteiger partial charge is 0.255 e. The minimum Gasteiger partial charge on any atom is -0.507 e. The van der Waals surface area contributed by atoms with Crippen LogP contribution < -0.4 is 5.32 Å². The molecule has 1 atom stereocenters. The summed E-state index contributed by atoms with van der Waals surface area (Å²) in [5.74, 6) is 0.0566. The molecule has 0 spiro atoms. The van der Waals surface area contributed by atoms with Gasteiger partial charge in [0.2, 0.25) is 0 Å². The molecule has 0 saturated carbocycles. The number of phenols is 1. The number of likely N-dealkylation sites (tertiary alicyclic amines) is 1. The van der Waals surface area contributed by atoms with E-state index >= 15 is 0 Å². The number of carbonyl (C=O) groups is 1. The SMILES string of the molecule is CC(CNC(=O)c1ccc(Cl)cc1O)CN1CCCC1. The van der Waals surface area contributed by atoms with E-state index in [4.69, 9.17) is 11.6 Å². The largest absolute Gasteiger partial charge is 0.507 e. The van der Waals surface area contributed by atoms with Crippen molar-refractivity contribution in [1.29, 1.82) is 0 Å². The molecule has 0 radical (unpaired) electrons. The molecule has 2 N–H and O–H groups in total. The van der Waals surface area contributed by atoms with Gasteiger partial charge in [0.05, 0.1) is 5.56 Å². The van der Waals surface area contributed by atoms with Crippen LogP contribution in [0.25, 0.3) is 0 Å². The van der Waals surface area contributed by atoms with Crippen molar-refractivity contribution in [3.05, 3.63) is 28.8 Å². The monoisotopic (exact) mass is 296 g/mol. The Kier molecular flexibility index (Phi) is 5.26.